The maximum Gasteiger partial charge on any atom is 0.331 e. The van der Waals surface area contributed by atoms with Crippen molar-refractivity contribution in [2.24, 2.45) is 0 Å². The van der Waals surface area contributed by atoms with Gasteiger partial charge in [-0.15, -0.1) is 0 Å². The fraction of sp³-hybridized carbons (Fsp3) is 0.833. The largest absolute Gasteiger partial charge is 0.517 e. The van der Waals surface area contributed by atoms with Gasteiger partial charge in [-0.3, -0.25) is 0 Å². The standard InChI is InChI=1S/C30H56O6Si/c1-5-9-13-17-23-34-28(31)21-22-29(32)35-27-30(33)36-37(24-18-14-10-6-2,25-19-15-11-7-3)26-20-16-12-8-4/h21-22H,5-20,23-27H2,1-4H3/b22-21-. The summed E-state index contributed by atoms with van der Waals surface area (Å²) in [5, 5.41) is 0. The molecular weight excluding hydrogens is 484 g/mol. The van der Waals surface area contributed by atoms with Crippen molar-refractivity contribution in [2.45, 2.75) is 149 Å². The monoisotopic (exact) mass is 540 g/mol. The summed E-state index contributed by atoms with van der Waals surface area (Å²) in [5.74, 6) is -1.76. The van der Waals surface area contributed by atoms with Gasteiger partial charge in [-0.25, -0.2) is 14.4 Å². The lowest BCUT2D eigenvalue weighted by Crippen LogP contribution is -2.41. The number of esters is 2. The summed E-state index contributed by atoms with van der Waals surface area (Å²) in [7, 11) is -2.27. The number of carbonyl (C=O) groups is 3. The van der Waals surface area contributed by atoms with Crippen molar-refractivity contribution in [2.75, 3.05) is 13.2 Å². The summed E-state index contributed by atoms with van der Waals surface area (Å²) in [6.45, 7) is 8.66. The molecule has 37 heavy (non-hydrogen) atoms. The van der Waals surface area contributed by atoms with Crippen molar-refractivity contribution in [3.63, 3.8) is 0 Å². The van der Waals surface area contributed by atoms with E-state index in [1.54, 1.807) is 0 Å². The number of rotatable bonds is 25. The molecule has 6 nitrogen and oxygen atoms in total. The van der Waals surface area contributed by atoms with E-state index in [4.69, 9.17) is 13.9 Å². The molecule has 0 aliphatic carbocycles. The molecule has 7 heteroatoms. The molecule has 0 spiro atoms. The molecule has 0 rings (SSSR count). The minimum Gasteiger partial charge on any atom is -0.517 e. The van der Waals surface area contributed by atoms with Crippen molar-refractivity contribution in [3.8, 4) is 0 Å². The number of carbonyl (C=O) groups excluding carboxylic acids is 3. The van der Waals surface area contributed by atoms with Crippen LogP contribution < -0.4 is 0 Å². The fourth-order valence-corrected chi connectivity index (χ4v) is 8.77. The molecule has 0 bridgehead atoms. The van der Waals surface area contributed by atoms with Crippen LogP contribution in [0.5, 0.6) is 0 Å². The topological polar surface area (TPSA) is 78.9 Å². The number of hydrogen-bond donors (Lipinski definition) is 0. The lowest BCUT2D eigenvalue weighted by molar-refractivity contribution is -0.150. The second-order valence-electron chi connectivity index (χ2n) is 10.3. The summed E-state index contributed by atoms with van der Waals surface area (Å²) in [6, 6.07) is 2.98. The molecular formula is C30H56O6Si. The Morgan fingerprint density at radius 2 is 0.946 bits per heavy atom. The van der Waals surface area contributed by atoms with Crippen molar-refractivity contribution in [1.29, 1.82) is 0 Å². The third-order valence-electron chi connectivity index (χ3n) is 6.72. The van der Waals surface area contributed by atoms with E-state index in [1.807, 2.05) is 0 Å². The zero-order chi connectivity index (χ0) is 27.6. The van der Waals surface area contributed by atoms with Crippen LogP contribution in [0.4, 0.5) is 0 Å². The van der Waals surface area contributed by atoms with E-state index >= 15 is 0 Å². The van der Waals surface area contributed by atoms with Gasteiger partial charge in [-0.05, 0) is 24.6 Å². The molecule has 0 N–H and O–H groups in total. The zero-order valence-electron chi connectivity index (χ0n) is 24.5. The fourth-order valence-electron chi connectivity index (χ4n) is 4.48. The van der Waals surface area contributed by atoms with Crippen LogP contribution in [0.2, 0.25) is 18.1 Å². The first-order valence-electron chi connectivity index (χ1n) is 15.2. The van der Waals surface area contributed by atoms with Gasteiger partial charge >= 0.3 is 17.9 Å². The molecule has 0 aromatic heterocycles. The third-order valence-corrected chi connectivity index (χ3v) is 11.2. The number of ether oxygens (including phenoxy) is 2. The molecule has 0 unspecified atom stereocenters. The second-order valence-corrected chi connectivity index (χ2v) is 14.3. The van der Waals surface area contributed by atoms with Gasteiger partial charge in [0.1, 0.15) is 0 Å². The Bertz CT molecular complexity index is 588. The minimum absolute atomic E-state index is 0.339. The minimum atomic E-state index is -2.27. The molecule has 0 aromatic carbocycles. The molecule has 0 aromatic rings. The molecule has 0 radical (unpaired) electrons. The average molecular weight is 541 g/mol. The van der Waals surface area contributed by atoms with Gasteiger partial charge in [0, 0.05) is 12.2 Å². The van der Waals surface area contributed by atoms with Crippen LogP contribution in [0.15, 0.2) is 12.2 Å². The van der Waals surface area contributed by atoms with Crippen LogP contribution in [-0.2, 0) is 28.3 Å². The first kappa shape index (κ1) is 35.4. The Morgan fingerprint density at radius 1 is 0.541 bits per heavy atom. The highest BCUT2D eigenvalue weighted by atomic mass is 28.4. The van der Waals surface area contributed by atoms with Gasteiger partial charge in [0.2, 0.25) is 0 Å². The Morgan fingerprint density at radius 3 is 1.38 bits per heavy atom. The number of unbranched alkanes of at least 4 members (excludes halogenated alkanes) is 12. The molecule has 0 fully saturated rings. The van der Waals surface area contributed by atoms with E-state index in [0.29, 0.717) is 6.61 Å². The van der Waals surface area contributed by atoms with E-state index in [0.717, 1.165) is 75.2 Å². The van der Waals surface area contributed by atoms with Crippen molar-refractivity contribution >= 4 is 26.2 Å². The highest BCUT2D eigenvalue weighted by Gasteiger charge is 2.37. The van der Waals surface area contributed by atoms with Crippen LogP contribution >= 0.6 is 0 Å². The molecule has 0 heterocycles. The first-order valence-corrected chi connectivity index (χ1v) is 17.7. The Balaban J connectivity index is 4.91. The normalized spacial score (nSPS) is 11.6. The van der Waals surface area contributed by atoms with Crippen LogP contribution in [0, 0.1) is 0 Å². The van der Waals surface area contributed by atoms with Crippen molar-refractivity contribution < 1.29 is 28.3 Å². The lowest BCUT2D eigenvalue weighted by Gasteiger charge is -2.31. The molecule has 0 saturated carbocycles. The summed E-state index contributed by atoms with van der Waals surface area (Å²) < 4.78 is 16.4. The maximum absolute atomic E-state index is 12.8. The predicted molar refractivity (Wildman–Crippen MR) is 154 cm³/mol. The Labute approximate surface area is 228 Å². The zero-order valence-corrected chi connectivity index (χ0v) is 25.5. The Hall–Kier alpha value is -1.63. The van der Waals surface area contributed by atoms with Crippen molar-refractivity contribution in [1.82, 2.24) is 0 Å². The first-order chi connectivity index (χ1) is 17.9. The summed E-state index contributed by atoms with van der Waals surface area (Å²) in [4.78, 5) is 36.6. The van der Waals surface area contributed by atoms with E-state index in [2.05, 4.69) is 27.7 Å². The van der Waals surface area contributed by atoms with Gasteiger partial charge in [0.25, 0.3) is 8.32 Å². The second kappa shape index (κ2) is 24.7. The molecule has 216 valence electrons. The number of hydrogen-bond acceptors (Lipinski definition) is 6. The molecule has 0 aliphatic heterocycles. The molecule has 0 amide bonds. The highest BCUT2D eigenvalue weighted by Crippen LogP contribution is 2.31. The van der Waals surface area contributed by atoms with Gasteiger partial charge in [-0.1, -0.05) is 124 Å². The van der Waals surface area contributed by atoms with Crippen LogP contribution in [0.25, 0.3) is 0 Å². The molecule has 0 saturated heterocycles. The molecule has 0 atom stereocenters. The van der Waals surface area contributed by atoms with Crippen LogP contribution in [0.3, 0.4) is 0 Å². The van der Waals surface area contributed by atoms with E-state index < -0.39 is 32.8 Å². The summed E-state index contributed by atoms with van der Waals surface area (Å²) in [5.41, 5.74) is 0. The van der Waals surface area contributed by atoms with E-state index in [9.17, 15) is 14.4 Å². The van der Waals surface area contributed by atoms with E-state index in [1.165, 1.54) is 57.8 Å². The SMILES string of the molecule is CCCCCCOC(=O)/C=C\C(=O)OCC(=O)O[Si](CCCCCC)(CCCCCC)CCCCCC. The summed E-state index contributed by atoms with van der Waals surface area (Å²) in [6.07, 6.45) is 20.1. The lowest BCUT2D eigenvalue weighted by atomic mass is 10.2. The van der Waals surface area contributed by atoms with Gasteiger partial charge in [-0.2, -0.15) is 0 Å². The van der Waals surface area contributed by atoms with Gasteiger partial charge in [0.05, 0.1) is 6.61 Å². The van der Waals surface area contributed by atoms with Crippen LogP contribution in [0.1, 0.15) is 130 Å². The Kier molecular flexibility index (Phi) is 23.6. The highest BCUT2D eigenvalue weighted by molar-refractivity contribution is 6.75. The smallest absolute Gasteiger partial charge is 0.331 e. The maximum atomic E-state index is 12.8. The quantitative estimate of drug-likeness (QED) is 0.0500. The van der Waals surface area contributed by atoms with Gasteiger partial charge < -0.3 is 13.9 Å². The van der Waals surface area contributed by atoms with Crippen molar-refractivity contribution in [3.05, 3.63) is 12.2 Å². The summed E-state index contributed by atoms with van der Waals surface area (Å²) >= 11 is 0. The average Bonchev–Trinajstić information content (AvgIpc) is 2.89. The van der Waals surface area contributed by atoms with E-state index in [-0.39, 0.29) is 0 Å². The predicted octanol–water partition coefficient (Wildman–Crippen LogP) is 8.44. The van der Waals surface area contributed by atoms with Gasteiger partial charge in [0.15, 0.2) is 6.61 Å². The van der Waals surface area contributed by atoms with Crippen LogP contribution in [-0.4, -0.2) is 39.4 Å². The molecule has 0 aliphatic rings. The third kappa shape index (κ3) is 21.0.